The summed E-state index contributed by atoms with van der Waals surface area (Å²) in [7, 11) is 0. The van der Waals surface area contributed by atoms with Crippen molar-refractivity contribution in [3.8, 4) is 0 Å². The molecule has 158 valence electrons. The quantitative estimate of drug-likeness (QED) is 0.785. The summed E-state index contributed by atoms with van der Waals surface area (Å²) >= 11 is 0. The van der Waals surface area contributed by atoms with Gasteiger partial charge in [-0.2, -0.15) is 5.10 Å². The Morgan fingerprint density at radius 2 is 1.90 bits per heavy atom. The van der Waals surface area contributed by atoms with E-state index in [1.807, 2.05) is 24.4 Å². The Balaban J connectivity index is 1.31. The van der Waals surface area contributed by atoms with Gasteiger partial charge in [-0.05, 0) is 52.0 Å². The Labute approximate surface area is 174 Å². The van der Waals surface area contributed by atoms with Gasteiger partial charge in [0.1, 0.15) is 0 Å². The molecule has 6 heteroatoms. The van der Waals surface area contributed by atoms with E-state index in [4.69, 9.17) is 0 Å². The van der Waals surface area contributed by atoms with Crippen molar-refractivity contribution in [1.82, 2.24) is 24.8 Å². The van der Waals surface area contributed by atoms with E-state index in [0.717, 1.165) is 53.8 Å². The third-order valence-corrected chi connectivity index (χ3v) is 6.81. The van der Waals surface area contributed by atoms with E-state index >= 15 is 0 Å². The molecule has 2 aliphatic rings. The van der Waals surface area contributed by atoms with Crippen molar-refractivity contribution in [1.29, 1.82) is 0 Å². The standard InChI is InChI=1S/C23H35N5O/c1-16-14-22-24-17(2)21(18(3)28(22)26-16)10-11-23(29)25-19-12-13-27(15-19)20-8-6-4-5-7-9-20/h14,19-20H,4-13,15H2,1-3H3,(H,25,29). The number of amides is 1. The molecular weight excluding hydrogens is 362 g/mol. The molecule has 2 aromatic rings. The molecule has 0 bridgehead atoms. The molecule has 2 aromatic heterocycles. The van der Waals surface area contributed by atoms with Crippen molar-refractivity contribution < 1.29 is 4.79 Å². The maximum atomic E-state index is 12.6. The molecular formula is C23H35N5O. The van der Waals surface area contributed by atoms with Crippen LogP contribution in [0.25, 0.3) is 5.65 Å². The summed E-state index contributed by atoms with van der Waals surface area (Å²) in [6.45, 7) is 8.24. The van der Waals surface area contributed by atoms with E-state index < -0.39 is 0 Å². The fourth-order valence-corrected chi connectivity index (χ4v) is 5.20. The van der Waals surface area contributed by atoms with Crippen LogP contribution in [0.5, 0.6) is 0 Å². The second-order valence-corrected chi connectivity index (χ2v) is 9.01. The minimum atomic E-state index is 0.160. The predicted molar refractivity (Wildman–Crippen MR) is 115 cm³/mol. The van der Waals surface area contributed by atoms with Gasteiger partial charge < -0.3 is 5.32 Å². The highest BCUT2D eigenvalue weighted by Crippen LogP contribution is 2.25. The molecule has 1 unspecified atom stereocenters. The lowest BCUT2D eigenvalue weighted by Crippen LogP contribution is -2.39. The van der Waals surface area contributed by atoms with Crippen molar-refractivity contribution >= 4 is 11.6 Å². The smallest absolute Gasteiger partial charge is 0.220 e. The number of rotatable bonds is 5. The number of hydrogen-bond acceptors (Lipinski definition) is 4. The summed E-state index contributed by atoms with van der Waals surface area (Å²) in [5.41, 5.74) is 5.09. The van der Waals surface area contributed by atoms with E-state index in [2.05, 4.69) is 27.2 Å². The zero-order chi connectivity index (χ0) is 20.4. The highest BCUT2D eigenvalue weighted by Gasteiger charge is 2.29. The molecule has 4 rings (SSSR count). The summed E-state index contributed by atoms with van der Waals surface area (Å²) in [5, 5.41) is 7.82. The van der Waals surface area contributed by atoms with Crippen LogP contribution in [0.2, 0.25) is 0 Å². The number of aromatic nitrogens is 3. The molecule has 1 aliphatic carbocycles. The average molecular weight is 398 g/mol. The molecule has 1 N–H and O–H groups in total. The lowest BCUT2D eigenvalue weighted by Gasteiger charge is -2.26. The van der Waals surface area contributed by atoms with Crippen molar-refractivity contribution in [2.24, 2.45) is 0 Å². The highest BCUT2D eigenvalue weighted by molar-refractivity contribution is 5.76. The number of likely N-dealkylation sites (tertiary alicyclic amines) is 1. The lowest BCUT2D eigenvalue weighted by atomic mass is 10.1. The van der Waals surface area contributed by atoms with Gasteiger partial charge in [0.25, 0.3) is 0 Å². The van der Waals surface area contributed by atoms with Gasteiger partial charge in [0.15, 0.2) is 5.65 Å². The van der Waals surface area contributed by atoms with Crippen LogP contribution >= 0.6 is 0 Å². The number of carbonyl (C=O) groups excluding carboxylic acids is 1. The molecule has 3 heterocycles. The molecule has 0 radical (unpaired) electrons. The van der Waals surface area contributed by atoms with Crippen molar-refractivity contribution in [3.05, 3.63) is 28.7 Å². The van der Waals surface area contributed by atoms with E-state index in [9.17, 15) is 4.79 Å². The van der Waals surface area contributed by atoms with Crippen molar-refractivity contribution in [2.45, 2.75) is 90.6 Å². The van der Waals surface area contributed by atoms with Gasteiger partial charge >= 0.3 is 0 Å². The van der Waals surface area contributed by atoms with Gasteiger partial charge in [0.05, 0.1) is 5.69 Å². The number of carbonyl (C=O) groups is 1. The Kier molecular flexibility index (Phi) is 6.18. The largest absolute Gasteiger partial charge is 0.352 e. The first-order valence-corrected chi connectivity index (χ1v) is 11.4. The third-order valence-electron chi connectivity index (χ3n) is 6.81. The highest BCUT2D eigenvalue weighted by atomic mass is 16.1. The summed E-state index contributed by atoms with van der Waals surface area (Å²) in [6, 6.07) is 3.04. The topological polar surface area (TPSA) is 62.5 Å². The second kappa shape index (κ2) is 8.82. The number of hydrogen-bond donors (Lipinski definition) is 1. The fraction of sp³-hybridized carbons (Fsp3) is 0.696. The van der Waals surface area contributed by atoms with Gasteiger partial charge in [-0.3, -0.25) is 9.69 Å². The lowest BCUT2D eigenvalue weighted by molar-refractivity contribution is -0.121. The second-order valence-electron chi connectivity index (χ2n) is 9.01. The summed E-state index contributed by atoms with van der Waals surface area (Å²) < 4.78 is 1.90. The molecule has 1 aliphatic heterocycles. The van der Waals surface area contributed by atoms with E-state index in [-0.39, 0.29) is 5.91 Å². The van der Waals surface area contributed by atoms with Crippen LogP contribution in [0, 0.1) is 20.8 Å². The molecule has 1 atom stereocenters. The Hall–Kier alpha value is -1.95. The number of aryl methyl sites for hydroxylation is 3. The zero-order valence-electron chi connectivity index (χ0n) is 18.2. The molecule has 1 saturated carbocycles. The van der Waals surface area contributed by atoms with E-state index in [1.165, 1.54) is 38.5 Å². The number of nitrogens with one attached hydrogen (secondary N) is 1. The maximum Gasteiger partial charge on any atom is 0.220 e. The van der Waals surface area contributed by atoms with Crippen LogP contribution < -0.4 is 5.32 Å². The maximum absolute atomic E-state index is 12.6. The van der Waals surface area contributed by atoms with Gasteiger partial charge in [-0.25, -0.2) is 9.50 Å². The Morgan fingerprint density at radius 1 is 1.14 bits per heavy atom. The van der Waals surface area contributed by atoms with Gasteiger partial charge in [0, 0.05) is 49.0 Å². The summed E-state index contributed by atoms with van der Waals surface area (Å²) in [6.07, 6.45) is 10.5. The van der Waals surface area contributed by atoms with Crippen LogP contribution in [0.15, 0.2) is 6.07 Å². The summed E-state index contributed by atoms with van der Waals surface area (Å²) in [4.78, 5) is 19.9. The minimum absolute atomic E-state index is 0.160. The Morgan fingerprint density at radius 3 is 2.66 bits per heavy atom. The molecule has 2 fully saturated rings. The van der Waals surface area contributed by atoms with Gasteiger partial charge in [-0.1, -0.05) is 25.7 Å². The van der Waals surface area contributed by atoms with Crippen LogP contribution in [0.1, 0.15) is 74.0 Å². The van der Waals surface area contributed by atoms with Crippen molar-refractivity contribution in [2.75, 3.05) is 13.1 Å². The SMILES string of the molecule is Cc1cc2nc(C)c(CCC(=O)NC3CCN(C4CCCCCC4)C3)c(C)n2n1. The van der Waals surface area contributed by atoms with Crippen LogP contribution in [-0.2, 0) is 11.2 Å². The molecule has 0 aromatic carbocycles. The van der Waals surface area contributed by atoms with Gasteiger partial charge in [0.2, 0.25) is 5.91 Å². The molecule has 29 heavy (non-hydrogen) atoms. The van der Waals surface area contributed by atoms with Gasteiger partial charge in [-0.15, -0.1) is 0 Å². The number of fused-ring (bicyclic) bond motifs is 1. The molecule has 6 nitrogen and oxygen atoms in total. The molecule has 1 saturated heterocycles. The third kappa shape index (κ3) is 4.63. The normalized spacial score (nSPS) is 21.6. The zero-order valence-corrected chi connectivity index (χ0v) is 18.2. The van der Waals surface area contributed by atoms with Crippen LogP contribution in [-0.4, -0.2) is 50.6 Å². The van der Waals surface area contributed by atoms with Crippen LogP contribution in [0.4, 0.5) is 0 Å². The summed E-state index contributed by atoms with van der Waals surface area (Å²) in [5.74, 6) is 0.160. The molecule has 1 amide bonds. The Bertz CT molecular complexity index is 866. The average Bonchev–Trinajstić information content (AvgIpc) is 3.18. The van der Waals surface area contributed by atoms with Crippen LogP contribution in [0.3, 0.4) is 0 Å². The van der Waals surface area contributed by atoms with E-state index in [0.29, 0.717) is 18.9 Å². The minimum Gasteiger partial charge on any atom is -0.352 e. The first-order chi connectivity index (χ1) is 14.0. The molecule has 0 spiro atoms. The fourth-order valence-electron chi connectivity index (χ4n) is 5.20. The monoisotopic (exact) mass is 397 g/mol. The van der Waals surface area contributed by atoms with E-state index in [1.54, 1.807) is 0 Å². The van der Waals surface area contributed by atoms with Crippen molar-refractivity contribution in [3.63, 3.8) is 0 Å². The number of nitrogens with zero attached hydrogens (tertiary/aromatic N) is 4. The predicted octanol–water partition coefficient (Wildman–Crippen LogP) is 3.50. The first kappa shape index (κ1) is 20.3. The first-order valence-electron chi connectivity index (χ1n) is 11.4.